The van der Waals surface area contributed by atoms with Gasteiger partial charge in [0.1, 0.15) is 23.1 Å². The van der Waals surface area contributed by atoms with E-state index in [-0.39, 0.29) is 17.7 Å². The van der Waals surface area contributed by atoms with Crippen molar-refractivity contribution in [3.8, 4) is 0 Å². The third kappa shape index (κ3) is 4.03. The molecule has 0 spiro atoms. The summed E-state index contributed by atoms with van der Waals surface area (Å²) in [5.41, 5.74) is 1.49. The van der Waals surface area contributed by atoms with Crippen LogP contribution in [0.1, 0.15) is 28.9 Å². The van der Waals surface area contributed by atoms with Gasteiger partial charge in [-0.3, -0.25) is 4.79 Å². The summed E-state index contributed by atoms with van der Waals surface area (Å²) in [6.07, 6.45) is 2.10. The van der Waals surface area contributed by atoms with Gasteiger partial charge in [0, 0.05) is 16.7 Å². The fourth-order valence-corrected chi connectivity index (χ4v) is 5.27. The molecule has 9 nitrogen and oxygen atoms in total. The lowest BCUT2D eigenvalue weighted by Crippen LogP contribution is -2.28. The summed E-state index contributed by atoms with van der Waals surface area (Å²) < 4.78 is 13.3. The molecule has 1 aliphatic heterocycles. The number of para-hydroxylation sites is 1. The van der Waals surface area contributed by atoms with Crippen LogP contribution in [0.15, 0.2) is 85.3 Å². The molecule has 1 unspecified atom stereocenters. The molecule has 0 N–H and O–H groups in total. The highest BCUT2D eigenvalue weighted by atomic mass is 32.2. The van der Waals surface area contributed by atoms with Gasteiger partial charge in [-0.2, -0.15) is 5.10 Å². The van der Waals surface area contributed by atoms with Crippen LogP contribution in [-0.2, 0) is 11.3 Å². The molecule has 5 heterocycles. The van der Waals surface area contributed by atoms with Crippen molar-refractivity contribution in [3.05, 3.63) is 82.6 Å². The predicted octanol–water partition coefficient (Wildman–Crippen LogP) is 4.59. The number of fused-ring (bicyclic) bond motifs is 1. The van der Waals surface area contributed by atoms with Gasteiger partial charge >= 0.3 is 0 Å². The number of rotatable bonds is 7. The Labute approximate surface area is 202 Å². The fraction of sp³-hybridized carbons (Fsp3) is 0.174. The highest BCUT2D eigenvalue weighted by Gasteiger charge is 2.36. The van der Waals surface area contributed by atoms with Crippen LogP contribution < -0.4 is 0 Å². The molecule has 5 aromatic rings. The molecule has 170 valence electrons. The SMILES string of the molecule is O=C(CSc1nnnn1Cc1cccs1)N1N=C(c2cc3ccccc3o2)CC1c1ccco1. The van der Waals surface area contributed by atoms with Crippen LogP contribution in [0.2, 0.25) is 0 Å². The summed E-state index contributed by atoms with van der Waals surface area (Å²) in [7, 11) is 0. The summed E-state index contributed by atoms with van der Waals surface area (Å²) in [4.78, 5) is 14.4. The Morgan fingerprint density at radius 2 is 2.12 bits per heavy atom. The molecule has 0 saturated carbocycles. The molecule has 0 radical (unpaired) electrons. The first kappa shape index (κ1) is 20.9. The number of hydrogen-bond acceptors (Lipinski definition) is 9. The summed E-state index contributed by atoms with van der Waals surface area (Å²) >= 11 is 2.92. The number of thioether (sulfide) groups is 1. The van der Waals surface area contributed by atoms with Crippen molar-refractivity contribution in [2.75, 3.05) is 5.75 Å². The first-order valence-electron chi connectivity index (χ1n) is 10.6. The molecule has 1 aromatic carbocycles. The maximum absolute atomic E-state index is 13.3. The zero-order valence-corrected chi connectivity index (χ0v) is 19.4. The van der Waals surface area contributed by atoms with Crippen LogP contribution >= 0.6 is 23.1 Å². The molecule has 1 aliphatic rings. The number of carbonyl (C=O) groups excluding carboxylic acids is 1. The van der Waals surface area contributed by atoms with Crippen molar-refractivity contribution in [1.29, 1.82) is 0 Å². The zero-order chi connectivity index (χ0) is 22.9. The second-order valence-electron chi connectivity index (χ2n) is 7.66. The Morgan fingerprint density at radius 3 is 2.94 bits per heavy atom. The number of nitrogens with zero attached hydrogens (tertiary/aromatic N) is 6. The highest BCUT2D eigenvalue weighted by molar-refractivity contribution is 7.99. The van der Waals surface area contributed by atoms with E-state index < -0.39 is 0 Å². The molecule has 34 heavy (non-hydrogen) atoms. The molecule has 6 rings (SSSR count). The molecular formula is C23H18N6O3S2. The average molecular weight is 491 g/mol. The summed E-state index contributed by atoms with van der Waals surface area (Å²) in [6, 6.07) is 17.1. The van der Waals surface area contributed by atoms with Crippen molar-refractivity contribution in [1.82, 2.24) is 25.2 Å². The van der Waals surface area contributed by atoms with Crippen molar-refractivity contribution >= 4 is 45.7 Å². The molecule has 0 bridgehead atoms. The van der Waals surface area contributed by atoms with Crippen molar-refractivity contribution in [2.45, 2.75) is 24.2 Å². The minimum absolute atomic E-state index is 0.138. The molecule has 11 heteroatoms. The van der Waals surface area contributed by atoms with Crippen LogP contribution in [0.3, 0.4) is 0 Å². The number of aromatic nitrogens is 4. The highest BCUT2D eigenvalue weighted by Crippen LogP contribution is 2.35. The van der Waals surface area contributed by atoms with E-state index in [2.05, 4.69) is 20.6 Å². The Bertz CT molecular complexity index is 1420. The van der Waals surface area contributed by atoms with Crippen LogP contribution in [0.4, 0.5) is 0 Å². The van der Waals surface area contributed by atoms with E-state index in [9.17, 15) is 4.79 Å². The maximum Gasteiger partial charge on any atom is 0.253 e. The molecule has 0 fully saturated rings. The molecule has 1 amide bonds. The van der Waals surface area contributed by atoms with Crippen molar-refractivity contribution in [2.24, 2.45) is 5.10 Å². The summed E-state index contributed by atoms with van der Waals surface area (Å²) in [5, 5.41) is 21.6. The fourth-order valence-electron chi connectivity index (χ4n) is 3.86. The lowest BCUT2D eigenvalue weighted by Gasteiger charge is -2.19. The van der Waals surface area contributed by atoms with Gasteiger partial charge in [-0.15, -0.1) is 16.4 Å². The van der Waals surface area contributed by atoms with E-state index in [1.54, 1.807) is 22.3 Å². The number of amides is 1. The Hall–Kier alpha value is -3.70. The third-order valence-electron chi connectivity index (χ3n) is 5.46. The maximum atomic E-state index is 13.3. The normalized spacial score (nSPS) is 15.8. The topological polar surface area (TPSA) is 103 Å². The lowest BCUT2D eigenvalue weighted by molar-refractivity contribution is -0.130. The standard InChI is InChI=1S/C23H18N6O3S2/c30-22(14-34-23-24-26-27-28(23)13-16-6-4-10-33-16)29-18(20-8-3-9-31-20)12-17(25-29)21-11-15-5-1-2-7-19(15)32-21/h1-11,18H,12-14H2. The number of furan rings is 2. The van der Waals surface area contributed by atoms with E-state index in [0.29, 0.717) is 35.4 Å². The van der Waals surface area contributed by atoms with Crippen LogP contribution in [0.25, 0.3) is 11.0 Å². The predicted molar refractivity (Wildman–Crippen MR) is 128 cm³/mol. The first-order valence-corrected chi connectivity index (χ1v) is 12.4. The van der Waals surface area contributed by atoms with Crippen LogP contribution in [0.5, 0.6) is 0 Å². The number of tetrazole rings is 1. The van der Waals surface area contributed by atoms with Gasteiger partial charge in [0.2, 0.25) is 5.16 Å². The van der Waals surface area contributed by atoms with E-state index >= 15 is 0 Å². The number of hydrazone groups is 1. The monoisotopic (exact) mass is 490 g/mol. The van der Waals surface area contributed by atoms with Gasteiger partial charge in [-0.05, 0) is 46.1 Å². The average Bonchev–Trinajstić information content (AvgIpc) is 3.66. The second-order valence-corrected chi connectivity index (χ2v) is 9.63. The van der Waals surface area contributed by atoms with Gasteiger partial charge < -0.3 is 8.83 Å². The Balaban J connectivity index is 1.22. The van der Waals surface area contributed by atoms with E-state index in [1.807, 2.05) is 60.0 Å². The number of benzene rings is 1. The van der Waals surface area contributed by atoms with E-state index in [4.69, 9.17) is 8.83 Å². The van der Waals surface area contributed by atoms with E-state index in [1.165, 1.54) is 16.8 Å². The number of hydrogen-bond donors (Lipinski definition) is 0. The smallest absolute Gasteiger partial charge is 0.253 e. The van der Waals surface area contributed by atoms with Gasteiger partial charge in [0.05, 0.1) is 18.6 Å². The van der Waals surface area contributed by atoms with Crippen molar-refractivity contribution < 1.29 is 13.6 Å². The number of carbonyl (C=O) groups is 1. The number of thiophene rings is 1. The van der Waals surface area contributed by atoms with Gasteiger partial charge in [0.15, 0.2) is 5.76 Å². The van der Waals surface area contributed by atoms with E-state index in [0.717, 1.165) is 15.8 Å². The molecule has 4 aromatic heterocycles. The lowest BCUT2D eigenvalue weighted by atomic mass is 10.1. The van der Waals surface area contributed by atoms with Crippen LogP contribution in [-0.4, -0.2) is 42.6 Å². The summed E-state index contributed by atoms with van der Waals surface area (Å²) in [6.45, 7) is 0.564. The largest absolute Gasteiger partial charge is 0.467 e. The molecule has 0 saturated heterocycles. The minimum Gasteiger partial charge on any atom is -0.467 e. The molecular weight excluding hydrogens is 472 g/mol. The van der Waals surface area contributed by atoms with Crippen molar-refractivity contribution in [3.63, 3.8) is 0 Å². The molecule has 0 aliphatic carbocycles. The summed E-state index contributed by atoms with van der Waals surface area (Å²) in [5.74, 6) is 1.30. The first-order chi connectivity index (χ1) is 16.7. The second kappa shape index (κ2) is 8.92. The van der Waals surface area contributed by atoms with Gasteiger partial charge in [-0.25, -0.2) is 9.69 Å². The molecule has 1 atom stereocenters. The third-order valence-corrected chi connectivity index (χ3v) is 7.26. The Morgan fingerprint density at radius 1 is 1.18 bits per heavy atom. The van der Waals surface area contributed by atoms with Crippen LogP contribution in [0, 0.1) is 0 Å². The van der Waals surface area contributed by atoms with Gasteiger partial charge in [0.25, 0.3) is 5.91 Å². The quantitative estimate of drug-likeness (QED) is 0.307. The zero-order valence-electron chi connectivity index (χ0n) is 17.8. The van der Waals surface area contributed by atoms with Gasteiger partial charge in [-0.1, -0.05) is 36.0 Å². The minimum atomic E-state index is -0.339. The Kier molecular flexibility index (Phi) is 5.47.